The van der Waals surface area contributed by atoms with Crippen LogP contribution in [0.5, 0.6) is 0 Å². The quantitative estimate of drug-likeness (QED) is 0.0222. The average Bonchev–Trinajstić information content (AvgIpc) is 3.71. The van der Waals surface area contributed by atoms with Crippen LogP contribution in [0.1, 0.15) is 356 Å². The lowest BCUT2D eigenvalue weighted by Gasteiger charge is -2.21. The first kappa shape index (κ1) is 87.1. The third-order valence-electron chi connectivity index (χ3n) is 16.2. The Hall–Kier alpha value is -1.94. The summed E-state index contributed by atoms with van der Waals surface area (Å²) in [7, 11) is -9.90. The van der Waals surface area contributed by atoms with E-state index in [2.05, 4.69) is 41.5 Å². The molecule has 528 valence electrons. The smallest absolute Gasteiger partial charge is 0.462 e. The summed E-state index contributed by atoms with van der Waals surface area (Å²) in [5.74, 6) is -0.672. The minimum absolute atomic E-state index is 0.102. The number of carbonyl (C=O) groups is 4. The molecule has 0 rings (SSSR count). The zero-order valence-corrected chi connectivity index (χ0v) is 59.5. The van der Waals surface area contributed by atoms with E-state index in [-0.39, 0.29) is 25.7 Å². The molecular formula is C70H136O17P2. The van der Waals surface area contributed by atoms with Gasteiger partial charge >= 0.3 is 39.5 Å². The van der Waals surface area contributed by atoms with Crippen molar-refractivity contribution in [1.29, 1.82) is 0 Å². The number of esters is 4. The van der Waals surface area contributed by atoms with Gasteiger partial charge in [0.15, 0.2) is 12.2 Å². The van der Waals surface area contributed by atoms with Gasteiger partial charge in [-0.15, -0.1) is 0 Å². The van der Waals surface area contributed by atoms with Crippen molar-refractivity contribution < 1.29 is 80.2 Å². The van der Waals surface area contributed by atoms with Crippen molar-refractivity contribution in [3.05, 3.63) is 0 Å². The average molecular weight is 1310 g/mol. The SMILES string of the molecule is CCCCCCCCCCCCCCCCCC(=O)OC[C@H](COP(=O)(O)OC[C@@H](O)COP(=O)(O)OC[C@@H](COC(=O)CCCCCCCCCCC)OC(=O)CCCCCCCCC(C)C)OC(=O)CCCCCCCCCCCCCCCC(C)C. The lowest BCUT2D eigenvalue weighted by atomic mass is 10.0. The van der Waals surface area contributed by atoms with Gasteiger partial charge in [0.1, 0.15) is 19.3 Å². The van der Waals surface area contributed by atoms with Gasteiger partial charge in [-0.1, -0.05) is 305 Å². The van der Waals surface area contributed by atoms with Gasteiger partial charge in [-0.05, 0) is 37.5 Å². The molecule has 0 aliphatic rings. The molecule has 17 nitrogen and oxygen atoms in total. The molecule has 3 N–H and O–H groups in total. The minimum Gasteiger partial charge on any atom is -0.462 e. The second kappa shape index (κ2) is 62.2. The van der Waals surface area contributed by atoms with Crippen LogP contribution in [0.4, 0.5) is 0 Å². The maximum atomic E-state index is 13.0. The molecule has 0 amide bonds. The van der Waals surface area contributed by atoms with Gasteiger partial charge in [-0.2, -0.15) is 0 Å². The van der Waals surface area contributed by atoms with Crippen LogP contribution in [-0.2, 0) is 65.4 Å². The highest BCUT2D eigenvalue weighted by molar-refractivity contribution is 7.47. The molecule has 0 saturated heterocycles. The predicted octanol–water partition coefficient (Wildman–Crippen LogP) is 20.0. The molecule has 0 aromatic heterocycles. The molecule has 0 heterocycles. The van der Waals surface area contributed by atoms with Gasteiger partial charge in [0.05, 0.1) is 26.4 Å². The van der Waals surface area contributed by atoms with E-state index in [1.54, 1.807) is 0 Å². The number of ether oxygens (including phenoxy) is 4. The standard InChI is InChI=1S/C70H136O17P2/c1-7-9-11-13-15-17-18-19-20-23-26-30-34-41-47-53-68(73)81-58-65(86-69(74)54-48-42-35-31-27-24-21-22-25-29-32-38-44-50-62(3)4)60-84-88(76,77)82-56-64(71)57-83-89(78,79)85-61-66(87-70(75)55-49-43-37-36-39-45-51-63(5)6)59-80-67(72)52-46-40-33-28-16-14-12-10-8-2/h62-66,71H,7-61H2,1-6H3,(H,76,77)(H,78,79)/t64-,65-,66-/m1/s1. The first-order valence-electron chi connectivity index (χ1n) is 36.5. The van der Waals surface area contributed by atoms with Gasteiger partial charge in [-0.25, -0.2) is 9.13 Å². The second-order valence-corrected chi connectivity index (χ2v) is 29.1. The molecule has 0 radical (unpaired) electrons. The highest BCUT2D eigenvalue weighted by atomic mass is 31.2. The fourth-order valence-electron chi connectivity index (χ4n) is 10.6. The lowest BCUT2D eigenvalue weighted by molar-refractivity contribution is -0.161. The van der Waals surface area contributed by atoms with E-state index in [0.29, 0.717) is 31.6 Å². The Kier molecular flexibility index (Phi) is 60.8. The number of phosphoric acid groups is 2. The number of rotatable bonds is 69. The Bertz CT molecular complexity index is 1730. The van der Waals surface area contributed by atoms with Gasteiger partial charge in [0.2, 0.25) is 0 Å². The lowest BCUT2D eigenvalue weighted by Crippen LogP contribution is -2.30. The highest BCUT2D eigenvalue weighted by Crippen LogP contribution is 2.45. The van der Waals surface area contributed by atoms with Crippen molar-refractivity contribution in [3.63, 3.8) is 0 Å². The number of hydrogen-bond acceptors (Lipinski definition) is 15. The van der Waals surface area contributed by atoms with Gasteiger partial charge in [-0.3, -0.25) is 37.3 Å². The van der Waals surface area contributed by atoms with Crippen LogP contribution in [0.15, 0.2) is 0 Å². The molecule has 0 fully saturated rings. The van der Waals surface area contributed by atoms with Crippen molar-refractivity contribution >= 4 is 39.5 Å². The molecule has 0 saturated carbocycles. The first-order chi connectivity index (χ1) is 42.9. The second-order valence-electron chi connectivity index (χ2n) is 26.2. The van der Waals surface area contributed by atoms with Gasteiger partial charge in [0.25, 0.3) is 0 Å². The normalized spacial score (nSPS) is 14.1. The van der Waals surface area contributed by atoms with Crippen LogP contribution in [0.3, 0.4) is 0 Å². The van der Waals surface area contributed by atoms with Crippen LogP contribution in [0.25, 0.3) is 0 Å². The maximum Gasteiger partial charge on any atom is 0.472 e. The highest BCUT2D eigenvalue weighted by Gasteiger charge is 2.30. The molecule has 5 atom stereocenters. The maximum absolute atomic E-state index is 13.0. The van der Waals surface area contributed by atoms with Gasteiger partial charge in [0, 0.05) is 25.7 Å². The topological polar surface area (TPSA) is 237 Å². The summed E-state index contributed by atoms with van der Waals surface area (Å²) in [6.07, 6.45) is 47.3. The Balaban J connectivity index is 5.21. The number of unbranched alkanes of at least 4 members (excludes halogenated alkanes) is 39. The van der Waals surface area contributed by atoms with Crippen LogP contribution in [-0.4, -0.2) is 96.7 Å². The molecule has 0 bridgehead atoms. The zero-order valence-electron chi connectivity index (χ0n) is 57.7. The van der Waals surface area contributed by atoms with E-state index in [9.17, 15) is 43.2 Å². The van der Waals surface area contributed by atoms with Crippen molar-refractivity contribution in [2.24, 2.45) is 11.8 Å². The molecule has 0 aliphatic heterocycles. The first-order valence-corrected chi connectivity index (χ1v) is 39.5. The molecule has 0 aliphatic carbocycles. The summed E-state index contributed by atoms with van der Waals surface area (Å²) in [5.41, 5.74) is 0. The molecule has 89 heavy (non-hydrogen) atoms. The molecular weight excluding hydrogens is 1170 g/mol. The third-order valence-corrected chi connectivity index (χ3v) is 18.1. The predicted molar refractivity (Wildman–Crippen MR) is 358 cm³/mol. The summed E-state index contributed by atoms with van der Waals surface area (Å²) < 4.78 is 68.2. The largest absolute Gasteiger partial charge is 0.472 e. The van der Waals surface area contributed by atoms with E-state index in [1.165, 1.54) is 173 Å². The number of phosphoric ester groups is 2. The number of hydrogen-bond donors (Lipinski definition) is 3. The minimum atomic E-state index is -4.95. The van der Waals surface area contributed by atoms with E-state index in [4.69, 9.17) is 37.0 Å². The van der Waals surface area contributed by atoms with E-state index < -0.39 is 97.5 Å². The van der Waals surface area contributed by atoms with Crippen molar-refractivity contribution in [2.45, 2.75) is 374 Å². The van der Waals surface area contributed by atoms with Crippen molar-refractivity contribution in [3.8, 4) is 0 Å². The zero-order chi connectivity index (χ0) is 65.7. The summed E-state index contributed by atoms with van der Waals surface area (Å²) in [6, 6.07) is 0. The monoisotopic (exact) mass is 1310 g/mol. The Morgan fingerprint density at radius 3 is 0.764 bits per heavy atom. The number of aliphatic hydroxyl groups is 1. The number of aliphatic hydroxyl groups excluding tert-OH is 1. The molecule has 2 unspecified atom stereocenters. The Morgan fingerprint density at radius 2 is 0.517 bits per heavy atom. The third kappa shape index (κ3) is 64.6. The van der Waals surface area contributed by atoms with Crippen molar-refractivity contribution in [1.82, 2.24) is 0 Å². The van der Waals surface area contributed by atoms with Crippen LogP contribution < -0.4 is 0 Å². The molecule has 19 heteroatoms. The molecule has 0 aromatic rings. The van der Waals surface area contributed by atoms with Crippen LogP contribution in [0.2, 0.25) is 0 Å². The van der Waals surface area contributed by atoms with Crippen molar-refractivity contribution in [2.75, 3.05) is 39.6 Å². The molecule has 0 spiro atoms. The fourth-order valence-corrected chi connectivity index (χ4v) is 12.2. The summed E-state index contributed by atoms with van der Waals surface area (Å²) in [6.45, 7) is 9.46. The molecule has 0 aromatic carbocycles. The number of carbonyl (C=O) groups excluding carboxylic acids is 4. The van der Waals surface area contributed by atoms with E-state index in [0.717, 1.165) is 95.8 Å². The Labute approximate surface area is 543 Å². The summed E-state index contributed by atoms with van der Waals surface area (Å²) in [4.78, 5) is 72.4. The van der Waals surface area contributed by atoms with Crippen LogP contribution >= 0.6 is 15.6 Å². The fraction of sp³-hybridized carbons (Fsp3) is 0.943. The Morgan fingerprint density at radius 1 is 0.303 bits per heavy atom. The summed E-state index contributed by atoms with van der Waals surface area (Å²) >= 11 is 0. The van der Waals surface area contributed by atoms with Crippen LogP contribution in [0, 0.1) is 11.8 Å². The van der Waals surface area contributed by atoms with Gasteiger partial charge < -0.3 is 33.8 Å². The van der Waals surface area contributed by atoms with E-state index in [1.807, 2.05) is 0 Å². The van der Waals surface area contributed by atoms with E-state index >= 15 is 0 Å². The summed E-state index contributed by atoms with van der Waals surface area (Å²) in [5, 5.41) is 10.6.